The molecule has 0 bridgehead atoms. The summed E-state index contributed by atoms with van der Waals surface area (Å²) >= 11 is 5.49. The van der Waals surface area contributed by atoms with E-state index in [9.17, 15) is 27.1 Å². The van der Waals surface area contributed by atoms with E-state index in [1.54, 1.807) is 0 Å². The van der Waals surface area contributed by atoms with Gasteiger partial charge < -0.3 is 5.11 Å². The summed E-state index contributed by atoms with van der Waals surface area (Å²) < 4.78 is 64.0. The maximum atomic E-state index is 13.4. The Morgan fingerprint density at radius 1 is 0.905 bits per heavy atom. The molecular formula is C14H8ClF5O. The molecule has 0 amide bonds. The fourth-order valence-corrected chi connectivity index (χ4v) is 1.92. The van der Waals surface area contributed by atoms with Crippen molar-refractivity contribution in [3.8, 4) is 0 Å². The van der Waals surface area contributed by atoms with E-state index in [1.165, 1.54) is 12.1 Å². The normalized spacial score (nSPS) is 13.3. The van der Waals surface area contributed by atoms with Gasteiger partial charge in [-0.2, -0.15) is 13.2 Å². The zero-order valence-corrected chi connectivity index (χ0v) is 11.0. The highest BCUT2D eigenvalue weighted by molar-refractivity contribution is 6.30. The molecule has 0 spiro atoms. The minimum atomic E-state index is -4.82. The number of aliphatic hydroxyl groups excluding tert-OH is 1. The second-order valence-electron chi connectivity index (χ2n) is 4.31. The molecule has 0 fully saturated rings. The summed E-state index contributed by atoms with van der Waals surface area (Å²) in [6, 6.07) is 5.45. The Kier molecular flexibility index (Phi) is 4.20. The van der Waals surface area contributed by atoms with E-state index < -0.39 is 29.5 Å². The van der Waals surface area contributed by atoms with E-state index in [2.05, 4.69) is 0 Å². The fraction of sp³-hybridized carbons (Fsp3) is 0.143. The van der Waals surface area contributed by atoms with E-state index in [1.807, 2.05) is 0 Å². The Morgan fingerprint density at radius 3 is 1.90 bits per heavy atom. The predicted molar refractivity (Wildman–Crippen MR) is 66.9 cm³/mol. The van der Waals surface area contributed by atoms with Crippen molar-refractivity contribution in [2.45, 2.75) is 12.3 Å². The SMILES string of the molecule is OC(c1ccc(Cl)c(F)c1)c1ccc(C(F)(F)F)c(F)c1. The van der Waals surface area contributed by atoms with Gasteiger partial charge in [0.25, 0.3) is 0 Å². The number of benzene rings is 2. The number of hydrogen-bond acceptors (Lipinski definition) is 1. The third-order valence-corrected chi connectivity index (χ3v) is 3.18. The first kappa shape index (κ1) is 15.7. The first-order chi connectivity index (χ1) is 9.70. The van der Waals surface area contributed by atoms with Crippen molar-refractivity contribution in [2.75, 3.05) is 0 Å². The van der Waals surface area contributed by atoms with E-state index in [0.29, 0.717) is 12.1 Å². The van der Waals surface area contributed by atoms with Gasteiger partial charge in [0.05, 0.1) is 10.6 Å². The number of rotatable bonds is 2. The quantitative estimate of drug-likeness (QED) is 0.793. The summed E-state index contributed by atoms with van der Waals surface area (Å²) in [7, 11) is 0. The highest BCUT2D eigenvalue weighted by Gasteiger charge is 2.34. The molecule has 0 aliphatic carbocycles. The fourth-order valence-electron chi connectivity index (χ4n) is 1.81. The molecule has 0 saturated carbocycles. The number of aliphatic hydroxyl groups is 1. The Labute approximate surface area is 121 Å². The average Bonchev–Trinajstić information content (AvgIpc) is 2.39. The van der Waals surface area contributed by atoms with Crippen molar-refractivity contribution in [1.82, 2.24) is 0 Å². The van der Waals surface area contributed by atoms with Crippen LogP contribution < -0.4 is 0 Å². The van der Waals surface area contributed by atoms with Gasteiger partial charge in [-0.3, -0.25) is 0 Å². The van der Waals surface area contributed by atoms with Gasteiger partial charge in [0.2, 0.25) is 0 Å². The van der Waals surface area contributed by atoms with Crippen LogP contribution in [0.25, 0.3) is 0 Å². The summed E-state index contributed by atoms with van der Waals surface area (Å²) in [5.41, 5.74) is -1.50. The lowest BCUT2D eigenvalue weighted by Crippen LogP contribution is -2.09. The zero-order valence-electron chi connectivity index (χ0n) is 10.3. The van der Waals surface area contributed by atoms with E-state index in [-0.39, 0.29) is 16.1 Å². The largest absolute Gasteiger partial charge is 0.419 e. The van der Waals surface area contributed by atoms with E-state index in [0.717, 1.165) is 12.1 Å². The lowest BCUT2D eigenvalue weighted by atomic mass is 10.00. The van der Waals surface area contributed by atoms with Gasteiger partial charge >= 0.3 is 6.18 Å². The molecule has 2 aromatic carbocycles. The summed E-state index contributed by atoms with van der Waals surface area (Å²) in [5.74, 6) is -2.30. The number of alkyl halides is 3. The van der Waals surface area contributed by atoms with Crippen molar-refractivity contribution < 1.29 is 27.1 Å². The molecule has 0 aliphatic rings. The van der Waals surface area contributed by atoms with Crippen LogP contribution in [0.5, 0.6) is 0 Å². The minimum Gasteiger partial charge on any atom is -0.384 e. The first-order valence-electron chi connectivity index (χ1n) is 5.70. The Bertz CT molecular complexity index is 669. The Morgan fingerprint density at radius 2 is 1.43 bits per heavy atom. The second-order valence-corrected chi connectivity index (χ2v) is 4.72. The van der Waals surface area contributed by atoms with Crippen molar-refractivity contribution in [3.05, 3.63) is 69.7 Å². The monoisotopic (exact) mass is 322 g/mol. The molecular weight excluding hydrogens is 315 g/mol. The molecule has 1 nitrogen and oxygen atoms in total. The molecule has 21 heavy (non-hydrogen) atoms. The van der Waals surface area contributed by atoms with Gasteiger partial charge in [0.1, 0.15) is 17.7 Å². The molecule has 112 valence electrons. The molecule has 7 heteroatoms. The van der Waals surface area contributed by atoms with Gasteiger partial charge in [-0.15, -0.1) is 0 Å². The zero-order chi connectivity index (χ0) is 15.8. The van der Waals surface area contributed by atoms with Crippen LogP contribution in [0.1, 0.15) is 22.8 Å². The standard InChI is InChI=1S/C14H8ClF5O/c15-10-4-2-8(6-12(10)17)13(21)7-1-3-9(11(16)5-7)14(18,19)20/h1-6,13,21H. The molecule has 0 aliphatic heterocycles. The Hall–Kier alpha value is -1.66. The third kappa shape index (κ3) is 3.33. The van der Waals surface area contributed by atoms with Crippen molar-refractivity contribution in [1.29, 1.82) is 0 Å². The second kappa shape index (κ2) is 5.61. The average molecular weight is 323 g/mol. The van der Waals surface area contributed by atoms with Crippen LogP contribution >= 0.6 is 11.6 Å². The molecule has 0 radical (unpaired) electrons. The van der Waals surface area contributed by atoms with Gasteiger partial charge in [0, 0.05) is 0 Å². The van der Waals surface area contributed by atoms with Crippen LogP contribution in [-0.4, -0.2) is 5.11 Å². The molecule has 2 aromatic rings. The van der Waals surface area contributed by atoms with Crippen LogP contribution in [0, 0.1) is 11.6 Å². The topological polar surface area (TPSA) is 20.2 Å². The Balaban J connectivity index is 2.38. The van der Waals surface area contributed by atoms with Gasteiger partial charge in [0.15, 0.2) is 0 Å². The maximum absolute atomic E-state index is 13.4. The highest BCUT2D eigenvalue weighted by Crippen LogP contribution is 2.33. The minimum absolute atomic E-state index is 0.0519. The molecule has 1 atom stereocenters. The van der Waals surface area contributed by atoms with Crippen LogP contribution in [0.3, 0.4) is 0 Å². The van der Waals surface area contributed by atoms with E-state index in [4.69, 9.17) is 11.6 Å². The maximum Gasteiger partial charge on any atom is 0.419 e. The van der Waals surface area contributed by atoms with Crippen LogP contribution in [0.4, 0.5) is 22.0 Å². The third-order valence-electron chi connectivity index (χ3n) is 2.87. The number of hydrogen-bond donors (Lipinski definition) is 1. The first-order valence-corrected chi connectivity index (χ1v) is 6.07. The smallest absolute Gasteiger partial charge is 0.384 e. The molecule has 0 heterocycles. The predicted octanol–water partition coefficient (Wildman–Crippen LogP) is 4.72. The van der Waals surface area contributed by atoms with Gasteiger partial charge in [-0.1, -0.05) is 23.7 Å². The van der Waals surface area contributed by atoms with Crippen molar-refractivity contribution in [2.24, 2.45) is 0 Å². The highest BCUT2D eigenvalue weighted by atomic mass is 35.5. The summed E-state index contributed by atoms with van der Waals surface area (Å²) in [5, 5.41) is 9.81. The van der Waals surface area contributed by atoms with Crippen LogP contribution in [0.2, 0.25) is 5.02 Å². The van der Waals surface area contributed by atoms with Crippen molar-refractivity contribution >= 4 is 11.6 Å². The molecule has 1 unspecified atom stereocenters. The van der Waals surface area contributed by atoms with Gasteiger partial charge in [-0.05, 0) is 35.4 Å². The molecule has 0 saturated heterocycles. The lowest BCUT2D eigenvalue weighted by molar-refractivity contribution is -0.140. The van der Waals surface area contributed by atoms with Crippen LogP contribution in [-0.2, 0) is 6.18 Å². The molecule has 0 aromatic heterocycles. The number of halogens is 6. The van der Waals surface area contributed by atoms with Gasteiger partial charge in [-0.25, -0.2) is 8.78 Å². The molecule has 2 rings (SSSR count). The summed E-state index contributed by atoms with van der Waals surface area (Å²) in [6.45, 7) is 0. The van der Waals surface area contributed by atoms with Crippen LogP contribution in [0.15, 0.2) is 36.4 Å². The van der Waals surface area contributed by atoms with E-state index >= 15 is 0 Å². The summed E-state index contributed by atoms with van der Waals surface area (Å²) in [6.07, 6.45) is -6.28. The van der Waals surface area contributed by atoms with Crippen molar-refractivity contribution in [3.63, 3.8) is 0 Å². The lowest BCUT2D eigenvalue weighted by Gasteiger charge is -2.14. The summed E-state index contributed by atoms with van der Waals surface area (Å²) in [4.78, 5) is 0. The molecule has 1 N–H and O–H groups in total.